The molecule has 0 saturated carbocycles. The van der Waals surface area contributed by atoms with Crippen molar-refractivity contribution in [3.05, 3.63) is 53.4 Å². The molecule has 1 aliphatic heterocycles. The Hall–Kier alpha value is -2.18. The van der Waals surface area contributed by atoms with Gasteiger partial charge in [-0.2, -0.15) is 0 Å². The van der Waals surface area contributed by atoms with Crippen LogP contribution in [-0.2, 0) is 11.3 Å². The van der Waals surface area contributed by atoms with Crippen molar-refractivity contribution >= 4 is 5.91 Å². The average molecular weight is 342 g/mol. The average Bonchev–Trinajstić information content (AvgIpc) is 3.02. The molecule has 1 aromatic carbocycles. The number of hydrogen-bond acceptors (Lipinski definition) is 5. The summed E-state index contributed by atoms with van der Waals surface area (Å²) in [5.41, 5.74) is 2.10. The smallest absolute Gasteiger partial charge is 0.234 e. The molecular weight excluding hydrogens is 316 g/mol. The molecule has 1 unspecified atom stereocenters. The van der Waals surface area contributed by atoms with Crippen molar-refractivity contribution in [3.63, 3.8) is 0 Å². The first kappa shape index (κ1) is 17.6. The molecule has 1 amide bonds. The molecule has 0 radical (unpaired) electrons. The van der Waals surface area contributed by atoms with Gasteiger partial charge in [0, 0.05) is 38.8 Å². The SMILES string of the molecule is Cc1cc(CN2CCN(CC(=O)NC(C)c3ccccc3)CC2)no1. The van der Waals surface area contributed by atoms with Crippen LogP contribution in [-0.4, -0.2) is 53.6 Å². The van der Waals surface area contributed by atoms with Crippen LogP contribution in [0.2, 0.25) is 0 Å². The normalized spacial score (nSPS) is 17.4. The highest BCUT2D eigenvalue weighted by Gasteiger charge is 2.20. The number of benzene rings is 1. The first-order valence-corrected chi connectivity index (χ1v) is 8.81. The van der Waals surface area contributed by atoms with E-state index in [9.17, 15) is 4.79 Å². The molecule has 1 N–H and O–H groups in total. The molecule has 134 valence electrons. The standard InChI is InChI=1S/C19H26N4O2/c1-15-12-18(21-25-15)13-22-8-10-23(11-9-22)14-19(24)20-16(2)17-6-4-3-5-7-17/h3-7,12,16H,8-11,13-14H2,1-2H3,(H,20,24). The Morgan fingerprint density at radius 1 is 1.20 bits per heavy atom. The minimum Gasteiger partial charge on any atom is -0.361 e. The van der Waals surface area contributed by atoms with Gasteiger partial charge in [0.05, 0.1) is 18.3 Å². The number of piperazine rings is 1. The van der Waals surface area contributed by atoms with E-state index in [2.05, 4.69) is 20.3 Å². The van der Waals surface area contributed by atoms with E-state index >= 15 is 0 Å². The first-order valence-electron chi connectivity index (χ1n) is 8.81. The maximum atomic E-state index is 12.3. The van der Waals surface area contributed by atoms with Crippen LogP contribution in [0.5, 0.6) is 0 Å². The Balaban J connectivity index is 1.40. The molecule has 6 heteroatoms. The largest absolute Gasteiger partial charge is 0.361 e. The minimum absolute atomic E-state index is 0.0328. The van der Waals surface area contributed by atoms with Crippen LogP contribution in [0.15, 0.2) is 40.9 Å². The van der Waals surface area contributed by atoms with Crippen molar-refractivity contribution in [2.45, 2.75) is 26.4 Å². The lowest BCUT2D eigenvalue weighted by molar-refractivity contribution is -0.123. The molecule has 1 atom stereocenters. The fourth-order valence-electron chi connectivity index (χ4n) is 3.14. The zero-order chi connectivity index (χ0) is 17.6. The summed E-state index contributed by atoms with van der Waals surface area (Å²) in [5, 5.41) is 7.13. The van der Waals surface area contributed by atoms with Gasteiger partial charge in [-0.1, -0.05) is 35.5 Å². The number of rotatable bonds is 6. The van der Waals surface area contributed by atoms with E-state index in [0.717, 1.165) is 49.7 Å². The Labute approximate surface area is 148 Å². The quantitative estimate of drug-likeness (QED) is 0.870. The topological polar surface area (TPSA) is 61.6 Å². The van der Waals surface area contributed by atoms with Gasteiger partial charge in [-0.3, -0.25) is 14.6 Å². The first-order chi connectivity index (χ1) is 12.1. The van der Waals surface area contributed by atoms with Gasteiger partial charge in [-0.05, 0) is 19.4 Å². The molecular formula is C19H26N4O2. The summed E-state index contributed by atoms with van der Waals surface area (Å²) in [6.45, 7) is 8.85. The van der Waals surface area contributed by atoms with Gasteiger partial charge in [0.15, 0.2) is 0 Å². The second-order valence-corrected chi connectivity index (χ2v) is 6.68. The minimum atomic E-state index is 0.0328. The number of carbonyl (C=O) groups excluding carboxylic acids is 1. The van der Waals surface area contributed by atoms with Crippen LogP contribution in [0.1, 0.15) is 30.0 Å². The van der Waals surface area contributed by atoms with Crippen LogP contribution in [0.25, 0.3) is 0 Å². The van der Waals surface area contributed by atoms with Gasteiger partial charge >= 0.3 is 0 Å². The van der Waals surface area contributed by atoms with Crippen molar-refractivity contribution < 1.29 is 9.32 Å². The molecule has 3 rings (SSSR count). The van der Waals surface area contributed by atoms with E-state index in [0.29, 0.717) is 6.54 Å². The molecule has 0 spiro atoms. The predicted octanol–water partition coefficient (Wildman–Crippen LogP) is 1.98. The monoisotopic (exact) mass is 342 g/mol. The second-order valence-electron chi connectivity index (χ2n) is 6.68. The maximum absolute atomic E-state index is 12.3. The zero-order valence-corrected chi connectivity index (χ0v) is 14.9. The fourth-order valence-corrected chi connectivity index (χ4v) is 3.14. The number of nitrogens with zero attached hydrogens (tertiary/aromatic N) is 3. The third-order valence-electron chi connectivity index (χ3n) is 4.57. The molecule has 1 saturated heterocycles. The number of aryl methyl sites for hydroxylation is 1. The molecule has 25 heavy (non-hydrogen) atoms. The van der Waals surface area contributed by atoms with Gasteiger partial charge in [0.25, 0.3) is 0 Å². The summed E-state index contributed by atoms with van der Waals surface area (Å²) in [6.07, 6.45) is 0. The zero-order valence-electron chi connectivity index (χ0n) is 14.9. The van der Waals surface area contributed by atoms with Gasteiger partial charge in [-0.15, -0.1) is 0 Å². The highest BCUT2D eigenvalue weighted by molar-refractivity contribution is 5.78. The molecule has 1 aromatic heterocycles. The van der Waals surface area contributed by atoms with Gasteiger partial charge in [0.2, 0.25) is 5.91 Å². The lowest BCUT2D eigenvalue weighted by Crippen LogP contribution is -2.49. The van der Waals surface area contributed by atoms with E-state index in [1.165, 1.54) is 0 Å². The van der Waals surface area contributed by atoms with Crippen LogP contribution in [0.4, 0.5) is 0 Å². The van der Waals surface area contributed by atoms with E-state index in [4.69, 9.17) is 4.52 Å². The molecule has 6 nitrogen and oxygen atoms in total. The summed E-state index contributed by atoms with van der Waals surface area (Å²) >= 11 is 0. The van der Waals surface area contributed by atoms with Crippen LogP contribution < -0.4 is 5.32 Å². The Morgan fingerprint density at radius 3 is 2.52 bits per heavy atom. The predicted molar refractivity (Wildman–Crippen MR) is 96.0 cm³/mol. The van der Waals surface area contributed by atoms with Gasteiger partial charge in [-0.25, -0.2) is 0 Å². The third-order valence-corrected chi connectivity index (χ3v) is 4.57. The highest BCUT2D eigenvalue weighted by Crippen LogP contribution is 2.12. The van der Waals surface area contributed by atoms with Crippen molar-refractivity contribution in [3.8, 4) is 0 Å². The lowest BCUT2D eigenvalue weighted by Gasteiger charge is -2.34. The molecule has 1 aliphatic rings. The summed E-state index contributed by atoms with van der Waals surface area (Å²) < 4.78 is 5.11. The van der Waals surface area contributed by atoms with Gasteiger partial charge in [0.1, 0.15) is 5.76 Å². The Kier molecular flexibility index (Phi) is 5.83. The van der Waals surface area contributed by atoms with E-state index < -0.39 is 0 Å². The Bertz CT molecular complexity index is 678. The summed E-state index contributed by atoms with van der Waals surface area (Å²) in [6, 6.07) is 12.1. The fraction of sp³-hybridized carbons (Fsp3) is 0.474. The molecule has 2 heterocycles. The molecule has 1 fully saturated rings. The number of amides is 1. The van der Waals surface area contributed by atoms with Crippen molar-refractivity contribution in [2.24, 2.45) is 0 Å². The molecule has 0 aliphatic carbocycles. The number of carbonyl (C=O) groups is 1. The highest BCUT2D eigenvalue weighted by atomic mass is 16.5. The van der Waals surface area contributed by atoms with E-state index in [-0.39, 0.29) is 11.9 Å². The van der Waals surface area contributed by atoms with Crippen LogP contribution in [0.3, 0.4) is 0 Å². The summed E-state index contributed by atoms with van der Waals surface area (Å²) in [4.78, 5) is 16.8. The number of hydrogen-bond donors (Lipinski definition) is 1. The second kappa shape index (κ2) is 8.27. The lowest BCUT2D eigenvalue weighted by atomic mass is 10.1. The molecule has 0 bridgehead atoms. The van der Waals surface area contributed by atoms with Crippen LogP contribution in [0, 0.1) is 6.92 Å². The van der Waals surface area contributed by atoms with Crippen molar-refractivity contribution in [2.75, 3.05) is 32.7 Å². The number of nitrogens with one attached hydrogen (secondary N) is 1. The van der Waals surface area contributed by atoms with Crippen LogP contribution >= 0.6 is 0 Å². The summed E-state index contributed by atoms with van der Waals surface area (Å²) in [5.74, 6) is 0.926. The maximum Gasteiger partial charge on any atom is 0.234 e. The third kappa shape index (κ3) is 5.14. The Morgan fingerprint density at radius 2 is 1.88 bits per heavy atom. The summed E-state index contributed by atoms with van der Waals surface area (Å²) in [7, 11) is 0. The molecule has 2 aromatic rings. The van der Waals surface area contributed by atoms with Crippen molar-refractivity contribution in [1.29, 1.82) is 0 Å². The van der Waals surface area contributed by atoms with E-state index in [1.54, 1.807) is 0 Å². The van der Waals surface area contributed by atoms with Crippen molar-refractivity contribution in [1.82, 2.24) is 20.3 Å². The number of aromatic nitrogens is 1. The van der Waals surface area contributed by atoms with Gasteiger partial charge < -0.3 is 9.84 Å². The van der Waals surface area contributed by atoms with E-state index in [1.807, 2.05) is 50.2 Å².